The number of nitrogens with one attached hydrogen (secondary N) is 1. The van der Waals surface area contributed by atoms with Gasteiger partial charge in [0.15, 0.2) is 5.96 Å². The number of carbonyl (C=O) groups is 1. The standard InChI is InChI=1S/C21H33N5O2S.HI/c1-22-21(23-9-16-29(28)18-19-7-3-2-4-8-19)26-14-12-24(13-15-26)17-20(27)25-10-5-6-11-25;/h2-4,7-8H,5-6,9-18H2,1H3,(H,22,23);1H. The summed E-state index contributed by atoms with van der Waals surface area (Å²) < 4.78 is 12.3. The van der Waals surface area contributed by atoms with E-state index >= 15 is 0 Å². The maximum atomic E-state index is 12.3. The smallest absolute Gasteiger partial charge is 0.236 e. The molecule has 0 aliphatic carbocycles. The normalized spacial score (nSPS) is 18.8. The molecule has 2 aliphatic rings. The van der Waals surface area contributed by atoms with Crippen molar-refractivity contribution in [1.29, 1.82) is 0 Å². The second-order valence-electron chi connectivity index (χ2n) is 7.60. The Balaban J connectivity index is 0.00000320. The SMILES string of the molecule is CN=C(NCCS(=O)Cc1ccccc1)N1CCN(CC(=O)N2CCCC2)CC1.I. The maximum Gasteiger partial charge on any atom is 0.236 e. The van der Waals surface area contributed by atoms with E-state index in [0.29, 0.717) is 24.6 Å². The van der Waals surface area contributed by atoms with E-state index in [1.54, 1.807) is 7.05 Å². The Hall–Kier alpha value is -1.20. The molecule has 0 aromatic heterocycles. The molecule has 2 fully saturated rings. The molecule has 0 radical (unpaired) electrons. The third-order valence-corrected chi connectivity index (χ3v) is 6.80. The summed E-state index contributed by atoms with van der Waals surface area (Å²) in [6.07, 6.45) is 2.27. The van der Waals surface area contributed by atoms with Crippen LogP contribution in [0.25, 0.3) is 0 Å². The number of nitrogens with zero attached hydrogens (tertiary/aromatic N) is 4. The van der Waals surface area contributed by atoms with Crippen molar-refractivity contribution >= 4 is 46.6 Å². The first-order chi connectivity index (χ1) is 14.2. The Kier molecular flexibility index (Phi) is 11.1. The lowest BCUT2D eigenvalue weighted by molar-refractivity contribution is -0.131. The molecule has 0 spiro atoms. The van der Waals surface area contributed by atoms with Gasteiger partial charge in [0, 0.05) is 75.2 Å². The highest BCUT2D eigenvalue weighted by Gasteiger charge is 2.24. The van der Waals surface area contributed by atoms with E-state index in [2.05, 4.69) is 20.1 Å². The lowest BCUT2D eigenvalue weighted by Crippen LogP contribution is -2.54. The van der Waals surface area contributed by atoms with Gasteiger partial charge in [0.25, 0.3) is 0 Å². The number of hydrogen-bond acceptors (Lipinski definition) is 4. The third-order valence-electron chi connectivity index (χ3n) is 5.48. The molecule has 2 aliphatic heterocycles. The van der Waals surface area contributed by atoms with E-state index in [0.717, 1.165) is 63.6 Å². The van der Waals surface area contributed by atoms with Gasteiger partial charge in [-0.05, 0) is 18.4 Å². The number of rotatable bonds is 7. The van der Waals surface area contributed by atoms with Gasteiger partial charge in [-0.1, -0.05) is 30.3 Å². The Morgan fingerprint density at radius 2 is 1.70 bits per heavy atom. The number of likely N-dealkylation sites (tertiary alicyclic amines) is 1. The van der Waals surface area contributed by atoms with E-state index < -0.39 is 10.8 Å². The summed E-state index contributed by atoms with van der Waals surface area (Å²) >= 11 is 0. The van der Waals surface area contributed by atoms with Crippen molar-refractivity contribution in [2.45, 2.75) is 18.6 Å². The Bertz CT molecular complexity index is 705. The molecule has 3 rings (SSSR count). The monoisotopic (exact) mass is 547 g/mol. The van der Waals surface area contributed by atoms with Gasteiger partial charge < -0.3 is 15.1 Å². The van der Waals surface area contributed by atoms with E-state index in [1.165, 1.54) is 0 Å². The minimum atomic E-state index is -0.895. The van der Waals surface area contributed by atoms with Gasteiger partial charge >= 0.3 is 0 Å². The zero-order valence-corrected chi connectivity index (χ0v) is 20.9. The Morgan fingerprint density at radius 1 is 1.03 bits per heavy atom. The fourth-order valence-electron chi connectivity index (χ4n) is 3.82. The molecule has 168 valence electrons. The minimum absolute atomic E-state index is 0. The van der Waals surface area contributed by atoms with E-state index in [1.807, 2.05) is 35.2 Å². The summed E-state index contributed by atoms with van der Waals surface area (Å²) in [5.74, 6) is 2.30. The topological polar surface area (TPSA) is 68.2 Å². The number of hydrogen-bond donors (Lipinski definition) is 1. The van der Waals surface area contributed by atoms with Gasteiger partial charge in [0.05, 0.1) is 6.54 Å². The minimum Gasteiger partial charge on any atom is -0.355 e. The largest absolute Gasteiger partial charge is 0.355 e. The summed E-state index contributed by atoms with van der Waals surface area (Å²) in [6, 6.07) is 9.95. The summed E-state index contributed by atoms with van der Waals surface area (Å²) in [5.41, 5.74) is 1.11. The van der Waals surface area contributed by atoms with Crippen LogP contribution in [0.3, 0.4) is 0 Å². The number of halogens is 1. The van der Waals surface area contributed by atoms with Crippen molar-refractivity contribution in [3.63, 3.8) is 0 Å². The van der Waals surface area contributed by atoms with Crippen molar-refractivity contribution in [1.82, 2.24) is 20.0 Å². The van der Waals surface area contributed by atoms with Gasteiger partial charge in [-0.25, -0.2) is 0 Å². The van der Waals surface area contributed by atoms with E-state index in [9.17, 15) is 9.00 Å². The van der Waals surface area contributed by atoms with Gasteiger partial charge in [-0.3, -0.25) is 18.9 Å². The zero-order valence-electron chi connectivity index (χ0n) is 17.8. The number of aliphatic imine (C=N–C) groups is 1. The van der Waals surface area contributed by atoms with Gasteiger partial charge in [0.1, 0.15) is 0 Å². The average molecular weight is 548 g/mol. The average Bonchev–Trinajstić information content (AvgIpc) is 3.28. The highest BCUT2D eigenvalue weighted by molar-refractivity contribution is 14.0. The van der Waals surface area contributed by atoms with Crippen LogP contribution in [0.1, 0.15) is 18.4 Å². The second-order valence-corrected chi connectivity index (χ2v) is 9.18. The van der Waals surface area contributed by atoms with Crippen LogP contribution in [0.5, 0.6) is 0 Å². The van der Waals surface area contributed by atoms with Crippen LogP contribution in [0.15, 0.2) is 35.3 Å². The van der Waals surface area contributed by atoms with Crippen molar-refractivity contribution in [3.05, 3.63) is 35.9 Å². The van der Waals surface area contributed by atoms with Gasteiger partial charge in [-0.2, -0.15) is 0 Å². The Morgan fingerprint density at radius 3 is 2.33 bits per heavy atom. The van der Waals surface area contributed by atoms with Crippen LogP contribution < -0.4 is 5.32 Å². The second kappa shape index (κ2) is 13.3. The summed E-state index contributed by atoms with van der Waals surface area (Å²) in [5, 5.41) is 3.35. The highest BCUT2D eigenvalue weighted by Crippen LogP contribution is 2.09. The third kappa shape index (κ3) is 7.81. The fourth-order valence-corrected chi connectivity index (χ4v) is 4.86. The molecule has 1 amide bonds. The quantitative estimate of drug-likeness (QED) is 0.318. The first kappa shape index (κ1) is 25.1. The molecule has 1 aromatic rings. The van der Waals surface area contributed by atoms with Crippen LogP contribution in [-0.4, -0.2) is 95.9 Å². The number of carbonyl (C=O) groups excluding carboxylic acids is 1. The summed E-state index contributed by atoms with van der Waals surface area (Å²) in [7, 11) is 0.890. The summed E-state index contributed by atoms with van der Waals surface area (Å²) in [6.45, 7) is 6.42. The van der Waals surface area contributed by atoms with Crippen molar-refractivity contribution < 1.29 is 9.00 Å². The van der Waals surface area contributed by atoms with Crippen LogP contribution in [-0.2, 0) is 21.3 Å². The molecule has 9 heteroatoms. The van der Waals surface area contributed by atoms with E-state index in [-0.39, 0.29) is 29.9 Å². The van der Waals surface area contributed by atoms with Crippen molar-refractivity contribution in [2.75, 3.05) is 65.2 Å². The molecule has 30 heavy (non-hydrogen) atoms. The number of amides is 1. The summed E-state index contributed by atoms with van der Waals surface area (Å²) in [4.78, 5) is 23.2. The first-order valence-electron chi connectivity index (χ1n) is 10.5. The molecule has 0 bridgehead atoms. The number of benzene rings is 1. The number of piperazine rings is 1. The molecular formula is C21H34IN5O2S. The van der Waals surface area contributed by atoms with Crippen LogP contribution in [0.4, 0.5) is 0 Å². The van der Waals surface area contributed by atoms with Gasteiger partial charge in [-0.15, -0.1) is 24.0 Å². The predicted molar refractivity (Wildman–Crippen MR) is 134 cm³/mol. The molecule has 1 unspecified atom stereocenters. The lowest BCUT2D eigenvalue weighted by atomic mass is 10.2. The van der Waals surface area contributed by atoms with Gasteiger partial charge in [0.2, 0.25) is 5.91 Å². The van der Waals surface area contributed by atoms with Crippen LogP contribution >= 0.6 is 24.0 Å². The fraction of sp³-hybridized carbons (Fsp3) is 0.619. The molecule has 7 nitrogen and oxygen atoms in total. The Labute approximate surface area is 199 Å². The number of guanidine groups is 1. The molecular weight excluding hydrogens is 513 g/mol. The first-order valence-corrected chi connectivity index (χ1v) is 12.0. The maximum absolute atomic E-state index is 12.3. The van der Waals surface area contributed by atoms with Crippen LogP contribution in [0.2, 0.25) is 0 Å². The van der Waals surface area contributed by atoms with E-state index in [4.69, 9.17) is 0 Å². The molecule has 2 heterocycles. The zero-order chi connectivity index (χ0) is 20.5. The molecule has 1 atom stereocenters. The molecule has 1 N–H and O–H groups in total. The highest BCUT2D eigenvalue weighted by atomic mass is 127. The van der Waals surface area contributed by atoms with Crippen molar-refractivity contribution in [2.24, 2.45) is 4.99 Å². The predicted octanol–water partition coefficient (Wildman–Crippen LogP) is 1.37. The lowest BCUT2D eigenvalue weighted by Gasteiger charge is -2.36. The molecule has 2 saturated heterocycles. The van der Waals surface area contributed by atoms with Crippen LogP contribution in [0, 0.1) is 0 Å². The molecule has 1 aromatic carbocycles. The van der Waals surface area contributed by atoms with Crippen molar-refractivity contribution in [3.8, 4) is 0 Å². The molecule has 0 saturated carbocycles.